The minimum absolute atomic E-state index is 0.0167. The number of nitrogens with one attached hydrogen (secondary N) is 1. The summed E-state index contributed by atoms with van der Waals surface area (Å²) in [6.07, 6.45) is 2.81. The summed E-state index contributed by atoms with van der Waals surface area (Å²) < 4.78 is 32.3. The standard InChI is InChI=1S/C16H24N2O4S/c1-3-13(2)17-23(20,21)15-8-6-14(7-9-15)22-12-16(19)18-10-4-5-11-18/h6-9,13,17H,3-5,10-12H2,1-2H3/t13-/m1/s1. The Labute approximate surface area is 137 Å². The lowest BCUT2D eigenvalue weighted by Crippen LogP contribution is -2.32. The quantitative estimate of drug-likeness (QED) is 0.821. The summed E-state index contributed by atoms with van der Waals surface area (Å²) >= 11 is 0. The highest BCUT2D eigenvalue weighted by atomic mass is 32.2. The number of carbonyl (C=O) groups is 1. The summed E-state index contributed by atoms with van der Waals surface area (Å²) in [5.41, 5.74) is 0. The van der Waals surface area contributed by atoms with Crippen molar-refractivity contribution in [2.24, 2.45) is 0 Å². The number of likely N-dealkylation sites (tertiary alicyclic amines) is 1. The molecule has 0 saturated carbocycles. The molecule has 1 aromatic rings. The average molecular weight is 340 g/mol. The van der Waals surface area contributed by atoms with E-state index < -0.39 is 10.0 Å². The third kappa shape index (κ3) is 4.94. The topological polar surface area (TPSA) is 75.7 Å². The Kier molecular flexibility index (Phi) is 6.01. The van der Waals surface area contributed by atoms with Gasteiger partial charge in [-0.15, -0.1) is 0 Å². The lowest BCUT2D eigenvalue weighted by Gasteiger charge is -2.16. The van der Waals surface area contributed by atoms with E-state index in [9.17, 15) is 13.2 Å². The molecule has 1 aliphatic heterocycles. The van der Waals surface area contributed by atoms with Crippen molar-refractivity contribution in [3.05, 3.63) is 24.3 Å². The van der Waals surface area contributed by atoms with Crippen molar-refractivity contribution in [2.45, 2.75) is 44.0 Å². The fourth-order valence-corrected chi connectivity index (χ4v) is 3.66. The van der Waals surface area contributed by atoms with E-state index in [1.807, 2.05) is 13.8 Å². The van der Waals surface area contributed by atoms with Gasteiger partial charge < -0.3 is 9.64 Å². The predicted octanol–water partition coefficient (Wildman–Crippen LogP) is 1.76. The monoisotopic (exact) mass is 340 g/mol. The number of rotatable bonds is 7. The first-order valence-electron chi connectivity index (χ1n) is 7.95. The molecule has 23 heavy (non-hydrogen) atoms. The second kappa shape index (κ2) is 7.79. The van der Waals surface area contributed by atoms with Crippen molar-refractivity contribution in [1.82, 2.24) is 9.62 Å². The summed E-state index contributed by atoms with van der Waals surface area (Å²) in [4.78, 5) is 13.9. The molecule has 1 fully saturated rings. The molecule has 1 atom stereocenters. The van der Waals surface area contributed by atoms with Crippen LogP contribution in [0.5, 0.6) is 5.75 Å². The number of hydrogen-bond acceptors (Lipinski definition) is 4. The summed E-state index contributed by atoms with van der Waals surface area (Å²) in [5, 5.41) is 0. The van der Waals surface area contributed by atoms with Crippen LogP contribution in [-0.2, 0) is 14.8 Å². The second-order valence-electron chi connectivity index (χ2n) is 5.78. The molecule has 1 aromatic carbocycles. The molecule has 0 aromatic heterocycles. The van der Waals surface area contributed by atoms with E-state index in [4.69, 9.17) is 4.74 Å². The van der Waals surface area contributed by atoms with Crippen molar-refractivity contribution in [3.8, 4) is 5.75 Å². The lowest BCUT2D eigenvalue weighted by atomic mass is 10.3. The molecule has 2 rings (SSSR count). The average Bonchev–Trinajstić information content (AvgIpc) is 3.07. The van der Waals surface area contributed by atoms with Crippen LogP contribution in [-0.4, -0.2) is 45.0 Å². The first-order valence-corrected chi connectivity index (χ1v) is 9.43. The van der Waals surface area contributed by atoms with Gasteiger partial charge in [-0.1, -0.05) is 6.92 Å². The summed E-state index contributed by atoms with van der Waals surface area (Å²) in [7, 11) is -3.51. The van der Waals surface area contributed by atoms with Crippen LogP contribution in [0, 0.1) is 0 Å². The molecule has 0 bridgehead atoms. The SMILES string of the molecule is CC[C@@H](C)NS(=O)(=O)c1ccc(OCC(=O)N2CCCC2)cc1. The summed E-state index contributed by atoms with van der Waals surface area (Å²) in [6, 6.07) is 6.00. The van der Waals surface area contributed by atoms with Gasteiger partial charge in [-0.05, 0) is 50.5 Å². The van der Waals surface area contributed by atoms with E-state index in [0.29, 0.717) is 5.75 Å². The van der Waals surface area contributed by atoms with Gasteiger partial charge in [-0.2, -0.15) is 0 Å². The Morgan fingerprint density at radius 2 is 1.87 bits per heavy atom. The molecule has 1 heterocycles. The van der Waals surface area contributed by atoms with Crippen molar-refractivity contribution in [3.63, 3.8) is 0 Å². The Morgan fingerprint density at radius 3 is 2.43 bits per heavy atom. The smallest absolute Gasteiger partial charge is 0.260 e. The van der Waals surface area contributed by atoms with Crippen LogP contribution >= 0.6 is 0 Å². The van der Waals surface area contributed by atoms with Crippen molar-refractivity contribution in [1.29, 1.82) is 0 Å². The summed E-state index contributed by atoms with van der Waals surface area (Å²) in [6.45, 7) is 5.30. The van der Waals surface area contributed by atoms with Gasteiger partial charge in [0.1, 0.15) is 5.75 Å². The van der Waals surface area contributed by atoms with Crippen molar-refractivity contribution >= 4 is 15.9 Å². The molecular weight excluding hydrogens is 316 g/mol. The molecule has 0 unspecified atom stereocenters. The van der Waals surface area contributed by atoms with Gasteiger partial charge in [0.05, 0.1) is 4.90 Å². The predicted molar refractivity (Wildman–Crippen MR) is 87.8 cm³/mol. The zero-order chi connectivity index (χ0) is 16.9. The largest absolute Gasteiger partial charge is 0.484 e. The Morgan fingerprint density at radius 1 is 1.26 bits per heavy atom. The van der Waals surface area contributed by atoms with Crippen molar-refractivity contribution in [2.75, 3.05) is 19.7 Å². The van der Waals surface area contributed by atoms with Gasteiger partial charge in [-0.25, -0.2) is 13.1 Å². The molecule has 1 aliphatic rings. The van der Waals surface area contributed by atoms with E-state index in [0.717, 1.165) is 32.4 Å². The van der Waals surface area contributed by atoms with Crippen LogP contribution in [0.3, 0.4) is 0 Å². The third-order valence-corrected chi connectivity index (χ3v) is 5.53. The van der Waals surface area contributed by atoms with E-state index in [1.54, 1.807) is 17.0 Å². The van der Waals surface area contributed by atoms with Crippen LogP contribution in [0.4, 0.5) is 0 Å². The molecule has 0 aliphatic carbocycles. The van der Waals surface area contributed by atoms with Gasteiger partial charge >= 0.3 is 0 Å². The second-order valence-corrected chi connectivity index (χ2v) is 7.49. The van der Waals surface area contributed by atoms with E-state index in [-0.39, 0.29) is 23.5 Å². The van der Waals surface area contributed by atoms with Gasteiger partial charge in [0.25, 0.3) is 5.91 Å². The van der Waals surface area contributed by atoms with Crippen LogP contribution in [0.2, 0.25) is 0 Å². The molecule has 6 nitrogen and oxygen atoms in total. The molecule has 1 N–H and O–H groups in total. The van der Waals surface area contributed by atoms with Gasteiger partial charge in [0, 0.05) is 19.1 Å². The normalized spacial score (nSPS) is 16.3. The molecule has 1 amide bonds. The molecule has 1 saturated heterocycles. The molecule has 7 heteroatoms. The third-order valence-electron chi connectivity index (χ3n) is 3.92. The fourth-order valence-electron chi connectivity index (χ4n) is 2.33. The van der Waals surface area contributed by atoms with Crippen LogP contribution in [0.1, 0.15) is 33.1 Å². The Balaban J connectivity index is 1.92. The maximum Gasteiger partial charge on any atom is 0.260 e. The van der Waals surface area contributed by atoms with E-state index in [2.05, 4.69) is 4.72 Å². The number of ether oxygens (including phenoxy) is 1. The number of amides is 1. The van der Waals surface area contributed by atoms with Gasteiger partial charge in [0.2, 0.25) is 10.0 Å². The highest BCUT2D eigenvalue weighted by Gasteiger charge is 2.19. The maximum absolute atomic E-state index is 12.1. The highest BCUT2D eigenvalue weighted by molar-refractivity contribution is 7.89. The molecular formula is C16H24N2O4S. The van der Waals surface area contributed by atoms with Gasteiger partial charge in [-0.3, -0.25) is 4.79 Å². The lowest BCUT2D eigenvalue weighted by molar-refractivity contribution is -0.132. The first-order chi connectivity index (χ1) is 10.9. The minimum atomic E-state index is -3.51. The Bertz CT molecular complexity index is 622. The van der Waals surface area contributed by atoms with Crippen LogP contribution < -0.4 is 9.46 Å². The minimum Gasteiger partial charge on any atom is -0.484 e. The zero-order valence-corrected chi connectivity index (χ0v) is 14.4. The Hall–Kier alpha value is -1.60. The number of nitrogens with zero attached hydrogens (tertiary/aromatic N) is 1. The molecule has 0 radical (unpaired) electrons. The molecule has 0 spiro atoms. The fraction of sp³-hybridized carbons (Fsp3) is 0.562. The number of carbonyl (C=O) groups excluding carboxylic acids is 1. The van der Waals surface area contributed by atoms with Crippen LogP contribution in [0.25, 0.3) is 0 Å². The maximum atomic E-state index is 12.1. The van der Waals surface area contributed by atoms with Crippen molar-refractivity contribution < 1.29 is 17.9 Å². The number of hydrogen-bond donors (Lipinski definition) is 1. The van der Waals surface area contributed by atoms with Crippen LogP contribution in [0.15, 0.2) is 29.2 Å². The van der Waals surface area contributed by atoms with Gasteiger partial charge in [0.15, 0.2) is 6.61 Å². The highest BCUT2D eigenvalue weighted by Crippen LogP contribution is 2.17. The zero-order valence-electron chi connectivity index (χ0n) is 13.6. The van der Waals surface area contributed by atoms with E-state index >= 15 is 0 Å². The van der Waals surface area contributed by atoms with E-state index in [1.165, 1.54) is 12.1 Å². The first kappa shape index (κ1) is 17.7. The number of sulfonamides is 1. The molecule has 128 valence electrons. The number of benzene rings is 1. The summed E-state index contributed by atoms with van der Waals surface area (Å²) in [5.74, 6) is 0.456.